The van der Waals surface area contributed by atoms with E-state index in [2.05, 4.69) is 22.0 Å². The first kappa shape index (κ1) is 22.6. The van der Waals surface area contributed by atoms with E-state index in [1.54, 1.807) is 0 Å². The van der Waals surface area contributed by atoms with Crippen molar-refractivity contribution in [2.24, 2.45) is 0 Å². The third-order valence-electron chi connectivity index (χ3n) is 4.08. The fourth-order valence-corrected chi connectivity index (χ4v) is 3.35. The van der Waals surface area contributed by atoms with Crippen molar-refractivity contribution in [2.75, 3.05) is 0 Å². The molecule has 0 spiro atoms. The molecule has 2 aromatic carbocycles. The van der Waals surface area contributed by atoms with Gasteiger partial charge in [-0.1, -0.05) is 40.2 Å². The number of halogens is 10. The fourth-order valence-electron chi connectivity index (χ4n) is 2.86. The molecule has 0 N–H and O–H groups in total. The molecule has 0 aliphatic heterocycles. The van der Waals surface area contributed by atoms with E-state index in [4.69, 9.17) is 0 Å². The van der Waals surface area contributed by atoms with Crippen LogP contribution in [0.5, 0.6) is 0 Å². The predicted octanol–water partition coefficient (Wildman–Crippen LogP) is 7.46. The third-order valence-corrected chi connectivity index (χ3v) is 4.77. The van der Waals surface area contributed by atoms with Gasteiger partial charge in [-0.3, -0.25) is 0 Å². The van der Waals surface area contributed by atoms with Crippen molar-refractivity contribution in [1.82, 2.24) is 0 Å². The molecule has 2 rings (SSSR count). The average Bonchev–Trinajstić information content (AvgIpc) is 2.52. The lowest BCUT2D eigenvalue weighted by molar-refractivity contribution is -0.389. The molecule has 0 nitrogen and oxygen atoms in total. The fraction of sp³-hybridized carbons (Fsp3) is 0.333. The van der Waals surface area contributed by atoms with Crippen molar-refractivity contribution in [2.45, 2.75) is 37.8 Å². The topological polar surface area (TPSA) is 0 Å². The second-order valence-electron chi connectivity index (χ2n) is 6.07. The van der Waals surface area contributed by atoms with Gasteiger partial charge in [0.25, 0.3) is 0 Å². The molecule has 0 saturated carbocycles. The van der Waals surface area contributed by atoms with Gasteiger partial charge >= 0.3 is 23.9 Å². The van der Waals surface area contributed by atoms with Crippen LogP contribution in [0.15, 0.2) is 34.8 Å². The molecule has 0 heterocycles. The van der Waals surface area contributed by atoms with E-state index in [0.717, 1.165) is 13.8 Å². The molecule has 10 heteroatoms. The minimum atomic E-state index is -6.79. The molecule has 0 bridgehead atoms. The standard InChI is InChI=1S/C18H11BrF9/c1-9-7-10(2)14(11-5-3-4-6-13(11)19)12(8-9)15(20,17(23,24)25)16(21,22)18(26,27)28/h3-6,8H,1-2H3. The quantitative estimate of drug-likeness (QED) is 0.402. The second-order valence-corrected chi connectivity index (χ2v) is 6.93. The Kier molecular flexibility index (Phi) is 5.62. The number of benzene rings is 2. The summed E-state index contributed by atoms with van der Waals surface area (Å²) in [5, 5.41) is 0. The maximum absolute atomic E-state index is 15.1. The number of aryl methyl sites for hydroxylation is 2. The van der Waals surface area contributed by atoms with Crippen LogP contribution in [0.1, 0.15) is 16.7 Å². The number of hydrogen-bond donors (Lipinski definition) is 0. The van der Waals surface area contributed by atoms with Gasteiger partial charge in [-0.2, -0.15) is 35.1 Å². The van der Waals surface area contributed by atoms with Gasteiger partial charge in [-0.25, -0.2) is 4.39 Å². The summed E-state index contributed by atoms with van der Waals surface area (Å²) in [5.41, 5.74) is -9.23. The summed E-state index contributed by atoms with van der Waals surface area (Å²) in [6.45, 7) is 2.26. The van der Waals surface area contributed by atoms with E-state index in [0.29, 0.717) is 6.07 Å². The third kappa shape index (κ3) is 3.40. The molecule has 0 amide bonds. The molecule has 1 unspecified atom stereocenters. The van der Waals surface area contributed by atoms with Crippen LogP contribution in [0.2, 0.25) is 0 Å². The van der Waals surface area contributed by atoms with Gasteiger partial charge in [0.05, 0.1) is 0 Å². The van der Waals surface area contributed by atoms with Crippen LogP contribution >= 0.6 is 15.9 Å². The Hall–Kier alpha value is -1.71. The number of alkyl halides is 9. The first-order valence-corrected chi connectivity index (χ1v) is 8.34. The number of rotatable bonds is 3. The zero-order chi connectivity index (χ0) is 21.7. The smallest absolute Gasteiger partial charge is 0.221 e. The molecular weight excluding hydrogens is 467 g/mol. The van der Waals surface area contributed by atoms with Crippen LogP contribution < -0.4 is 0 Å². The monoisotopic (exact) mass is 477 g/mol. The highest BCUT2D eigenvalue weighted by atomic mass is 79.9. The van der Waals surface area contributed by atoms with Crippen molar-refractivity contribution < 1.29 is 39.5 Å². The highest BCUT2D eigenvalue weighted by Crippen LogP contribution is 2.60. The Balaban J connectivity index is 3.04. The maximum Gasteiger partial charge on any atom is 0.457 e. The predicted molar refractivity (Wildman–Crippen MR) is 87.7 cm³/mol. The first-order chi connectivity index (χ1) is 12.6. The van der Waals surface area contributed by atoms with Gasteiger partial charge < -0.3 is 0 Å². The molecule has 0 aliphatic carbocycles. The molecule has 0 fully saturated rings. The van der Waals surface area contributed by atoms with Crippen LogP contribution in [0.3, 0.4) is 0 Å². The van der Waals surface area contributed by atoms with E-state index in [9.17, 15) is 35.1 Å². The lowest BCUT2D eigenvalue weighted by Crippen LogP contribution is -2.60. The molecular formula is C18H11BrF9. The van der Waals surface area contributed by atoms with E-state index in [1.165, 1.54) is 24.3 Å². The molecule has 2 aromatic rings. The lowest BCUT2D eigenvalue weighted by atomic mass is 9.80. The summed E-state index contributed by atoms with van der Waals surface area (Å²) in [5.74, 6) is -6.74. The van der Waals surface area contributed by atoms with Gasteiger partial charge in [-0.15, -0.1) is 0 Å². The van der Waals surface area contributed by atoms with Crippen LogP contribution in [0.4, 0.5) is 39.5 Å². The summed E-state index contributed by atoms with van der Waals surface area (Å²) in [6.07, 6.45) is -13.4. The highest BCUT2D eigenvalue weighted by molar-refractivity contribution is 9.10. The normalized spacial score (nSPS) is 15.4. The molecule has 28 heavy (non-hydrogen) atoms. The van der Waals surface area contributed by atoms with E-state index < -0.39 is 35.1 Å². The minimum absolute atomic E-state index is 0.0800. The van der Waals surface area contributed by atoms with Gasteiger partial charge in [0, 0.05) is 10.0 Å². The van der Waals surface area contributed by atoms with Crippen LogP contribution in [0.25, 0.3) is 11.1 Å². The van der Waals surface area contributed by atoms with Gasteiger partial charge in [0.1, 0.15) is 0 Å². The largest absolute Gasteiger partial charge is 0.457 e. The van der Waals surface area contributed by atoms with Crippen LogP contribution in [0, 0.1) is 19.9 Å². The zero-order valence-electron chi connectivity index (χ0n) is 14.2. The highest BCUT2D eigenvalue weighted by Gasteiger charge is 2.82. The lowest BCUT2D eigenvalue weighted by Gasteiger charge is -2.37. The molecule has 153 valence electrons. The number of hydrogen-bond acceptors (Lipinski definition) is 0. The van der Waals surface area contributed by atoms with Crippen LogP contribution in [-0.4, -0.2) is 18.3 Å². The molecule has 0 aromatic heterocycles. The van der Waals surface area contributed by atoms with E-state index in [1.807, 2.05) is 0 Å². The van der Waals surface area contributed by atoms with Gasteiger partial charge in [0.2, 0.25) is 0 Å². The van der Waals surface area contributed by atoms with Crippen molar-refractivity contribution in [3.05, 3.63) is 57.6 Å². The Morgan fingerprint density at radius 3 is 1.82 bits per heavy atom. The molecule has 0 saturated heterocycles. The SMILES string of the molecule is Cc1[c]c(C)c(-c2ccccc2Br)c(C(F)(C(F)(F)F)C(F)(F)C(F)(F)F)c1. The van der Waals surface area contributed by atoms with Gasteiger partial charge in [0.15, 0.2) is 0 Å². The molecule has 1 atom stereocenters. The minimum Gasteiger partial charge on any atom is -0.221 e. The Labute approximate surface area is 162 Å². The maximum atomic E-state index is 15.1. The van der Waals surface area contributed by atoms with Crippen LogP contribution in [-0.2, 0) is 5.67 Å². The van der Waals surface area contributed by atoms with Crippen molar-refractivity contribution >= 4 is 15.9 Å². The summed E-state index contributed by atoms with van der Waals surface area (Å²) >= 11 is 3.00. The van der Waals surface area contributed by atoms with E-state index in [-0.39, 0.29) is 21.2 Å². The summed E-state index contributed by atoms with van der Waals surface area (Å²) in [7, 11) is 0. The van der Waals surface area contributed by atoms with Gasteiger partial charge in [-0.05, 0) is 48.2 Å². The van der Waals surface area contributed by atoms with E-state index >= 15 is 4.39 Å². The average molecular weight is 478 g/mol. The molecule has 1 radical (unpaired) electrons. The summed E-state index contributed by atoms with van der Waals surface area (Å²) in [6, 6.07) is 8.11. The molecule has 0 aliphatic rings. The first-order valence-electron chi connectivity index (χ1n) is 7.54. The Morgan fingerprint density at radius 2 is 1.36 bits per heavy atom. The summed E-state index contributed by atoms with van der Waals surface area (Å²) in [4.78, 5) is 0. The second kappa shape index (κ2) is 6.96. The zero-order valence-corrected chi connectivity index (χ0v) is 15.8. The van der Waals surface area contributed by atoms with Crippen molar-refractivity contribution in [3.8, 4) is 11.1 Å². The Bertz CT molecular complexity index is 884. The summed E-state index contributed by atoms with van der Waals surface area (Å²) < 4.78 is 122. The van der Waals surface area contributed by atoms with Crippen molar-refractivity contribution in [1.29, 1.82) is 0 Å². The Morgan fingerprint density at radius 1 is 0.821 bits per heavy atom. The van der Waals surface area contributed by atoms with Crippen molar-refractivity contribution in [3.63, 3.8) is 0 Å².